The van der Waals surface area contributed by atoms with Crippen LogP contribution in [0, 0.1) is 5.92 Å². The van der Waals surface area contributed by atoms with E-state index >= 15 is 0 Å². The third-order valence-electron chi connectivity index (χ3n) is 2.58. The molecule has 0 radical (unpaired) electrons. The smallest absolute Gasteiger partial charge is 0.115 e. The van der Waals surface area contributed by atoms with Crippen molar-refractivity contribution in [2.75, 3.05) is 0 Å². The first kappa shape index (κ1) is 9.12. The zero-order chi connectivity index (χ0) is 9.80. The van der Waals surface area contributed by atoms with E-state index in [0.29, 0.717) is 5.92 Å². The number of nitrogens with two attached hydrogens (primary N) is 1. The molecule has 0 spiro atoms. The molecule has 1 aliphatic rings. The van der Waals surface area contributed by atoms with Crippen LogP contribution in [0.1, 0.15) is 25.7 Å². The van der Waals surface area contributed by atoms with Crippen LogP contribution in [0.2, 0.25) is 0 Å². The van der Waals surface area contributed by atoms with Gasteiger partial charge in [-0.3, -0.25) is 0 Å². The molecule has 0 aromatic carbocycles. The van der Waals surface area contributed by atoms with Gasteiger partial charge >= 0.3 is 0 Å². The van der Waals surface area contributed by atoms with Crippen molar-refractivity contribution in [2.24, 2.45) is 16.6 Å². The molecule has 0 aliphatic heterocycles. The second-order valence-electron chi connectivity index (χ2n) is 3.61. The summed E-state index contributed by atoms with van der Waals surface area (Å²) in [6, 6.07) is 0. The number of aliphatic imine (C=N–C) groups is 1. The molecule has 0 unspecified atom stereocenters. The molecule has 0 atom stereocenters. The van der Waals surface area contributed by atoms with E-state index in [1.807, 2.05) is 0 Å². The lowest BCUT2D eigenvalue weighted by atomic mass is 10.1. The molecule has 0 saturated heterocycles. The number of hydrogen-bond acceptors (Lipinski definition) is 3. The van der Waals surface area contributed by atoms with E-state index in [0.717, 1.165) is 11.5 Å². The lowest BCUT2D eigenvalue weighted by Crippen LogP contribution is -2.20. The van der Waals surface area contributed by atoms with Crippen molar-refractivity contribution in [3.63, 3.8) is 0 Å². The van der Waals surface area contributed by atoms with Crippen LogP contribution in [0.4, 0.5) is 5.69 Å². The highest BCUT2D eigenvalue weighted by molar-refractivity contribution is 5.85. The van der Waals surface area contributed by atoms with Gasteiger partial charge in [-0.15, -0.1) is 0 Å². The fourth-order valence-electron chi connectivity index (χ4n) is 1.81. The van der Waals surface area contributed by atoms with Gasteiger partial charge in [-0.05, 0) is 12.8 Å². The first-order valence-electron chi connectivity index (χ1n) is 4.95. The van der Waals surface area contributed by atoms with Gasteiger partial charge in [-0.25, -0.2) is 15.0 Å². The summed E-state index contributed by atoms with van der Waals surface area (Å²) in [6.07, 6.45) is 9.72. The lowest BCUT2D eigenvalue weighted by Gasteiger charge is -2.07. The van der Waals surface area contributed by atoms with Crippen LogP contribution in [0.25, 0.3) is 0 Å². The Hall–Kier alpha value is -1.45. The quantitative estimate of drug-likeness (QED) is 0.569. The Morgan fingerprint density at radius 3 is 2.57 bits per heavy atom. The monoisotopic (exact) mass is 190 g/mol. The van der Waals surface area contributed by atoms with Gasteiger partial charge in [0.1, 0.15) is 17.9 Å². The maximum absolute atomic E-state index is 5.91. The van der Waals surface area contributed by atoms with Crippen molar-refractivity contribution < 1.29 is 0 Å². The summed E-state index contributed by atoms with van der Waals surface area (Å²) >= 11 is 0. The molecule has 4 nitrogen and oxygen atoms in total. The SMILES string of the molecule is NC(=Nc1cncnc1)C1CCCC1. The fourth-order valence-corrected chi connectivity index (χ4v) is 1.81. The van der Waals surface area contributed by atoms with E-state index in [9.17, 15) is 0 Å². The van der Waals surface area contributed by atoms with Gasteiger partial charge in [-0.1, -0.05) is 12.8 Å². The number of rotatable bonds is 2. The van der Waals surface area contributed by atoms with Crippen LogP contribution < -0.4 is 5.73 Å². The Bertz CT molecular complexity index is 314. The van der Waals surface area contributed by atoms with Crippen molar-refractivity contribution in [3.8, 4) is 0 Å². The summed E-state index contributed by atoms with van der Waals surface area (Å²) in [6.45, 7) is 0. The van der Waals surface area contributed by atoms with Crippen LogP contribution in [-0.4, -0.2) is 15.8 Å². The van der Waals surface area contributed by atoms with Crippen LogP contribution in [0.5, 0.6) is 0 Å². The molecule has 14 heavy (non-hydrogen) atoms. The standard InChI is InChI=1S/C10H14N4/c11-10(8-3-1-2-4-8)14-9-5-12-7-13-6-9/h5-8H,1-4H2,(H2,11,14). The Morgan fingerprint density at radius 1 is 1.29 bits per heavy atom. The average Bonchev–Trinajstić information content (AvgIpc) is 2.72. The molecule has 2 N–H and O–H groups in total. The summed E-state index contributed by atoms with van der Waals surface area (Å²) in [5, 5.41) is 0. The number of amidine groups is 1. The summed E-state index contributed by atoms with van der Waals surface area (Å²) in [5.41, 5.74) is 6.65. The highest BCUT2D eigenvalue weighted by atomic mass is 14.9. The van der Waals surface area contributed by atoms with Crippen molar-refractivity contribution in [2.45, 2.75) is 25.7 Å². The summed E-state index contributed by atoms with van der Waals surface area (Å²) in [4.78, 5) is 12.1. The normalized spacial score (nSPS) is 18.7. The van der Waals surface area contributed by atoms with E-state index in [1.54, 1.807) is 12.4 Å². The molecular formula is C10H14N4. The van der Waals surface area contributed by atoms with Gasteiger partial charge in [0.2, 0.25) is 0 Å². The Kier molecular flexibility index (Phi) is 2.72. The largest absolute Gasteiger partial charge is 0.387 e. The Balaban J connectivity index is 2.10. The van der Waals surface area contributed by atoms with E-state index in [2.05, 4.69) is 15.0 Å². The molecule has 1 saturated carbocycles. The zero-order valence-corrected chi connectivity index (χ0v) is 8.06. The lowest BCUT2D eigenvalue weighted by molar-refractivity contribution is 0.722. The van der Waals surface area contributed by atoms with Gasteiger partial charge in [0.25, 0.3) is 0 Å². The second kappa shape index (κ2) is 4.17. The maximum atomic E-state index is 5.91. The molecule has 1 aromatic rings. The predicted octanol–water partition coefficient (Wildman–Crippen LogP) is 1.66. The molecule has 74 valence electrons. The summed E-state index contributed by atoms with van der Waals surface area (Å²) in [7, 11) is 0. The first-order valence-corrected chi connectivity index (χ1v) is 4.95. The molecule has 4 heteroatoms. The fraction of sp³-hybridized carbons (Fsp3) is 0.500. The van der Waals surface area contributed by atoms with E-state index in [-0.39, 0.29) is 0 Å². The van der Waals surface area contributed by atoms with E-state index in [4.69, 9.17) is 5.73 Å². The molecule has 1 fully saturated rings. The second-order valence-corrected chi connectivity index (χ2v) is 3.61. The van der Waals surface area contributed by atoms with Gasteiger partial charge in [0.15, 0.2) is 0 Å². The third-order valence-corrected chi connectivity index (χ3v) is 2.58. The van der Waals surface area contributed by atoms with Crippen LogP contribution in [-0.2, 0) is 0 Å². The molecule has 0 amide bonds. The number of nitrogens with zero attached hydrogens (tertiary/aromatic N) is 3. The molecule has 2 rings (SSSR count). The van der Waals surface area contributed by atoms with Gasteiger partial charge in [0.05, 0.1) is 12.4 Å². The molecule has 0 bridgehead atoms. The van der Waals surface area contributed by atoms with Gasteiger partial charge < -0.3 is 5.73 Å². The zero-order valence-electron chi connectivity index (χ0n) is 8.06. The minimum Gasteiger partial charge on any atom is -0.387 e. The average molecular weight is 190 g/mol. The van der Waals surface area contributed by atoms with Crippen LogP contribution in [0.15, 0.2) is 23.7 Å². The molecule has 1 heterocycles. The van der Waals surface area contributed by atoms with E-state index in [1.165, 1.54) is 32.0 Å². The minimum atomic E-state index is 0.468. The third kappa shape index (κ3) is 2.07. The van der Waals surface area contributed by atoms with E-state index < -0.39 is 0 Å². The molecule has 1 aromatic heterocycles. The van der Waals surface area contributed by atoms with Crippen molar-refractivity contribution in [3.05, 3.63) is 18.7 Å². The highest BCUT2D eigenvalue weighted by Gasteiger charge is 2.18. The van der Waals surface area contributed by atoms with Crippen LogP contribution >= 0.6 is 0 Å². The number of aromatic nitrogens is 2. The first-order chi connectivity index (χ1) is 6.86. The topological polar surface area (TPSA) is 64.2 Å². The Morgan fingerprint density at radius 2 is 1.93 bits per heavy atom. The molecule has 1 aliphatic carbocycles. The molecular weight excluding hydrogens is 176 g/mol. The minimum absolute atomic E-state index is 0.468. The number of hydrogen-bond donors (Lipinski definition) is 1. The predicted molar refractivity (Wildman–Crippen MR) is 55.3 cm³/mol. The maximum Gasteiger partial charge on any atom is 0.115 e. The van der Waals surface area contributed by atoms with Crippen molar-refractivity contribution >= 4 is 11.5 Å². The van der Waals surface area contributed by atoms with Gasteiger partial charge in [0, 0.05) is 5.92 Å². The van der Waals surface area contributed by atoms with Crippen molar-refractivity contribution in [1.29, 1.82) is 0 Å². The Labute approximate surface area is 83.3 Å². The summed E-state index contributed by atoms with van der Waals surface area (Å²) in [5.74, 6) is 1.20. The van der Waals surface area contributed by atoms with Crippen molar-refractivity contribution in [1.82, 2.24) is 9.97 Å². The van der Waals surface area contributed by atoms with Gasteiger partial charge in [-0.2, -0.15) is 0 Å². The highest BCUT2D eigenvalue weighted by Crippen LogP contribution is 2.25. The van der Waals surface area contributed by atoms with Crippen LogP contribution in [0.3, 0.4) is 0 Å². The summed E-state index contributed by atoms with van der Waals surface area (Å²) < 4.78 is 0.